The van der Waals surface area contributed by atoms with Gasteiger partial charge in [-0.1, -0.05) is 0 Å². The van der Waals surface area contributed by atoms with Crippen LogP contribution in [0.5, 0.6) is 0 Å². The van der Waals surface area contributed by atoms with Crippen LogP contribution in [0.15, 0.2) is 11.6 Å². The van der Waals surface area contributed by atoms with E-state index in [1.165, 1.54) is 18.3 Å². The number of aromatic nitrogens is 1. The number of nitrogens with one attached hydrogen (secondary N) is 2. The second kappa shape index (κ2) is 4.71. The van der Waals surface area contributed by atoms with Gasteiger partial charge in [0.25, 0.3) is 0 Å². The van der Waals surface area contributed by atoms with Crippen molar-refractivity contribution in [1.82, 2.24) is 10.3 Å². The van der Waals surface area contributed by atoms with Crippen molar-refractivity contribution < 1.29 is 9.59 Å². The van der Waals surface area contributed by atoms with E-state index in [4.69, 9.17) is 0 Å². The Kier molecular flexibility index (Phi) is 3.58. The normalized spacial score (nSPS) is 11.9. The first-order valence-corrected chi connectivity index (χ1v) is 4.95. The molecule has 0 fully saturated rings. The van der Waals surface area contributed by atoms with E-state index in [1.807, 2.05) is 0 Å². The van der Waals surface area contributed by atoms with Crippen LogP contribution in [-0.4, -0.2) is 22.8 Å². The zero-order valence-electron chi connectivity index (χ0n) is 7.90. The van der Waals surface area contributed by atoms with Gasteiger partial charge in [0.2, 0.25) is 11.8 Å². The van der Waals surface area contributed by atoms with E-state index in [1.54, 1.807) is 18.5 Å². The van der Waals surface area contributed by atoms with Gasteiger partial charge in [-0.2, -0.15) is 0 Å². The highest BCUT2D eigenvalue weighted by molar-refractivity contribution is 7.13. The van der Waals surface area contributed by atoms with Crippen LogP contribution >= 0.6 is 11.3 Å². The zero-order chi connectivity index (χ0) is 10.6. The smallest absolute Gasteiger partial charge is 0.248 e. The molecule has 0 bridgehead atoms. The summed E-state index contributed by atoms with van der Waals surface area (Å²) in [6.07, 6.45) is 1.60. The minimum absolute atomic E-state index is 0.230. The van der Waals surface area contributed by atoms with Gasteiger partial charge < -0.3 is 10.6 Å². The molecule has 2 N–H and O–H groups in total. The standard InChI is InChI=1S/C8H11N3O2S/c1-5(10-6(2)12)7(13)11-8-9-3-4-14-8/h3-5H,1-2H3,(H,10,12)(H,9,11,13). The molecule has 0 aliphatic carbocycles. The molecule has 0 saturated heterocycles. The number of carbonyl (C=O) groups excluding carboxylic acids is 2. The number of carbonyl (C=O) groups is 2. The first kappa shape index (κ1) is 10.6. The third-order valence-corrected chi connectivity index (χ3v) is 2.16. The fraction of sp³-hybridized carbons (Fsp3) is 0.375. The van der Waals surface area contributed by atoms with Gasteiger partial charge in [-0.25, -0.2) is 4.98 Å². The summed E-state index contributed by atoms with van der Waals surface area (Å²) in [5.41, 5.74) is 0. The first-order chi connectivity index (χ1) is 6.59. The number of anilines is 1. The van der Waals surface area contributed by atoms with Crippen molar-refractivity contribution in [1.29, 1.82) is 0 Å². The Labute approximate surface area is 85.5 Å². The number of rotatable bonds is 3. The Bertz CT molecular complexity index is 323. The van der Waals surface area contributed by atoms with E-state index in [2.05, 4.69) is 15.6 Å². The molecule has 1 rings (SSSR count). The van der Waals surface area contributed by atoms with Crippen molar-refractivity contribution in [2.75, 3.05) is 5.32 Å². The van der Waals surface area contributed by atoms with Crippen LogP contribution in [0.3, 0.4) is 0 Å². The lowest BCUT2D eigenvalue weighted by molar-refractivity contribution is -0.124. The van der Waals surface area contributed by atoms with Crippen LogP contribution < -0.4 is 10.6 Å². The highest BCUT2D eigenvalue weighted by atomic mass is 32.1. The van der Waals surface area contributed by atoms with Gasteiger partial charge in [0.15, 0.2) is 5.13 Å². The summed E-state index contributed by atoms with van der Waals surface area (Å²) in [5, 5.41) is 7.36. The zero-order valence-corrected chi connectivity index (χ0v) is 8.72. The Morgan fingerprint density at radius 1 is 1.57 bits per heavy atom. The molecule has 0 saturated carbocycles. The second-order valence-electron chi connectivity index (χ2n) is 2.75. The van der Waals surface area contributed by atoms with Crippen molar-refractivity contribution in [2.45, 2.75) is 19.9 Å². The van der Waals surface area contributed by atoms with Crippen LogP contribution in [-0.2, 0) is 9.59 Å². The molecule has 0 aromatic carbocycles. The highest BCUT2D eigenvalue weighted by Crippen LogP contribution is 2.10. The lowest BCUT2D eigenvalue weighted by Crippen LogP contribution is -2.40. The van der Waals surface area contributed by atoms with Crippen molar-refractivity contribution in [3.8, 4) is 0 Å². The lowest BCUT2D eigenvalue weighted by Gasteiger charge is -2.10. The van der Waals surface area contributed by atoms with Crippen molar-refractivity contribution in [3.05, 3.63) is 11.6 Å². The maximum absolute atomic E-state index is 11.4. The number of hydrogen-bond acceptors (Lipinski definition) is 4. The molecular weight excluding hydrogens is 202 g/mol. The third kappa shape index (κ3) is 3.14. The summed E-state index contributed by atoms with van der Waals surface area (Å²) in [4.78, 5) is 25.9. The molecular formula is C8H11N3O2S. The average Bonchev–Trinajstić information content (AvgIpc) is 2.55. The van der Waals surface area contributed by atoms with Gasteiger partial charge >= 0.3 is 0 Å². The van der Waals surface area contributed by atoms with Gasteiger partial charge in [-0.05, 0) is 6.92 Å². The number of nitrogens with zero attached hydrogens (tertiary/aromatic N) is 1. The van der Waals surface area contributed by atoms with Crippen LogP contribution in [0.25, 0.3) is 0 Å². The Hall–Kier alpha value is -1.43. The monoisotopic (exact) mass is 213 g/mol. The molecule has 1 aromatic heterocycles. The Balaban J connectivity index is 2.46. The van der Waals surface area contributed by atoms with Gasteiger partial charge in [-0.3, -0.25) is 9.59 Å². The largest absolute Gasteiger partial charge is 0.345 e. The van der Waals surface area contributed by atoms with Crippen LogP contribution in [0.2, 0.25) is 0 Å². The van der Waals surface area contributed by atoms with Crippen molar-refractivity contribution in [3.63, 3.8) is 0 Å². The molecule has 5 nitrogen and oxygen atoms in total. The molecule has 14 heavy (non-hydrogen) atoms. The first-order valence-electron chi connectivity index (χ1n) is 4.07. The fourth-order valence-corrected chi connectivity index (χ4v) is 1.40. The van der Waals surface area contributed by atoms with E-state index in [9.17, 15) is 9.59 Å². The Morgan fingerprint density at radius 2 is 2.29 bits per heavy atom. The minimum Gasteiger partial charge on any atom is -0.345 e. The van der Waals surface area contributed by atoms with E-state index >= 15 is 0 Å². The van der Waals surface area contributed by atoms with Crippen molar-refractivity contribution >= 4 is 28.3 Å². The van der Waals surface area contributed by atoms with Gasteiger partial charge in [0.05, 0.1) is 0 Å². The van der Waals surface area contributed by atoms with E-state index < -0.39 is 6.04 Å². The summed E-state index contributed by atoms with van der Waals surface area (Å²) in [6.45, 7) is 2.98. The minimum atomic E-state index is -0.545. The molecule has 1 unspecified atom stereocenters. The molecule has 2 amide bonds. The predicted octanol–water partition coefficient (Wildman–Crippen LogP) is 0.606. The molecule has 0 aliphatic heterocycles. The number of hydrogen-bond donors (Lipinski definition) is 2. The fourth-order valence-electron chi connectivity index (χ4n) is 0.869. The summed E-state index contributed by atoms with van der Waals surface area (Å²) in [6, 6.07) is -0.545. The van der Waals surface area contributed by atoms with E-state index in [0.717, 1.165) is 0 Å². The van der Waals surface area contributed by atoms with Crippen LogP contribution in [0.1, 0.15) is 13.8 Å². The average molecular weight is 213 g/mol. The maximum atomic E-state index is 11.4. The summed E-state index contributed by atoms with van der Waals surface area (Å²) >= 11 is 1.33. The molecule has 76 valence electrons. The molecule has 6 heteroatoms. The maximum Gasteiger partial charge on any atom is 0.248 e. The molecule has 1 aromatic rings. The summed E-state index contributed by atoms with van der Waals surface area (Å²) in [5.74, 6) is -0.498. The van der Waals surface area contributed by atoms with Crippen LogP contribution in [0.4, 0.5) is 5.13 Å². The SMILES string of the molecule is CC(=O)NC(C)C(=O)Nc1nccs1. The molecule has 0 spiro atoms. The molecule has 0 aliphatic rings. The third-order valence-electron chi connectivity index (χ3n) is 1.48. The highest BCUT2D eigenvalue weighted by Gasteiger charge is 2.14. The van der Waals surface area contributed by atoms with E-state index in [0.29, 0.717) is 5.13 Å². The molecule has 0 radical (unpaired) electrons. The molecule has 1 atom stereocenters. The van der Waals surface area contributed by atoms with Crippen molar-refractivity contribution in [2.24, 2.45) is 0 Å². The van der Waals surface area contributed by atoms with Gasteiger partial charge in [-0.15, -0.1) is 11.3 Å². The van der Waals surface area contributed by atoms with Crippen LogP contribution in [0, 0.1) is 0 Å². The second-order valence-corrected chi connectivity index (χ2v) is 3.64. The number of thiazole rings is 1. The lowest BCUT2D eigenvalue weighted by atomic mass is 10.3. The van der Waals surface area contributed by atoms with Gasteiger partial charge in [0.1, 0.15) is 6.04 Å². The summed E-state index contributed by atoms with van der Waals surface area (Å²) in [7, 11) is 0. The Morgan fingerprint density at radius 3 is 2.79 bits per heavy atom. The van der Waals surface area contributed by atoms with E-state index in [-0.39, 0.29) is 11.8 Å². The molecule has 1 heterocycles. The summed E-state index contributed by atoms with van der Waals surface area (Å²) < 4.78 is 0. The number of amides is 2. The topological polar surface area (TPSA) is 71.1 Å². The predicted molar refractivity (Wildman–Crippen MR) is 54.0 cm³/mol. The van der Waals surface area contributed by atoms with Gasteiger partial charge in [0, 0.05) is 18.5 Å². The quantitative estimate of drug-likeness (QED) is 0.772.